The first-order valence-corrected chi connectivity index (χ1v) is 11.4. The molecule has 0 aromatic carbocycles. The van der Waals surface area contributed by atoms with Gasteiger partial charge in [0.05, 0.1) is 11.7 Å². The largest absolute Gasteiger partial charge is 0.360 e. The lowest BCUT2D eigenvalue weighted by molar-refractivity contribution is -0.330. The third-order valence-electron chi connectivity index (χ3n) is 7.51. The van der Waals surface area contributed by atoms with Crippen molar-refractivity contribution >= 4 is 5.78 Å². The minimum absolute atomic E-state index is 0.173. The smallest absolute Gasteiger partial charge is 0.167 e. The third-order valence-corrected chi connectivity index (χ3v) is 7.51. The lowest BCUT2D eigenvalue weighted by Gasteiger charge is -2.57. The standard InChI is InChI=1S/C23H39NO3/c1-20(2)16-23(19(25)15-22(27-23)13-9-6-10-14-22)17-21(3,4)24(20)26-18-11-7-5-8-12-18/h18H,5-17H2,1-4H3. The van der Waals surface area contributed by atoms with Gasteiger partial charge in [0.15, 0.2) is 5.78 Å². The zero-order chi connectivity index (χ0) is 19.3. The van der Waals surface area contributed by atoms with Crippen LogP contribution in [-0.4, -0.2) is 39.2 Å². The average molecular weight is 378 g/mol. The van der Waals surface area contributed by atoms with Gasteiger partial charge in [-0.1, -0.05) is 38.5 Å². The molecular weight excluding hydrogens is 338 g/mol. The normalized spacial score (nSPS) is 33.0. The van der Waals surface area contributed by atoms with E-state index in [4.69, 9.17) is 9.57 Å². The number of piperidine rings is 1. The average Bonchev–Trinajstić information content (AvgIpc) is 2.82. The molecule has 2 heterocycles. The zero-order valence-electron chi connectivity index (χ0n) is 17.9. The lowest BCUT2D eigenvalue weighted by atomic mass is 9.70. The van der Waals surface area contributed by atoms with Gasteiger partial charge in [0.2, 0.25) is 0 Å². The van der Waals surface area contributed by atoms with Gasteiger partial charge in [0, 0.05) is 30.3 Å². The Morgan fingerprint density at radius 1 is 0.889 bits per heavy atom. The predicted octanol–water partition coefficient (Wildman–Crippen LogP) is 5.33. The van der Waals surface area contributed by atoms with E-state index < -0.39 is 5.60 Å². The van der Waals surface area contributed by atoms with E-state index in [-0.39, 0.29) is 16.7 Å². The van der Waals surface area contributed by atoms with Crippen molar-refractivity contribution in [2.75, 3.05) is 0 Å². The molecule has 0 atom stereocenters. The van der Waals surface area contributed by atoms with Crippen molar-refractivity contribution in [3.8, 4) is 0 Å². The number of ether oxygens (including phenoxy) is 1. The Labute approximate surface area is 165 Å². The molecule has 4 nitrogen and oxygen atoms in total. The fourth-order valence-corrected chi connectivity index (χ4v) is 6.73. The maximum Gasteiger partial charge on any atom is 0.167 e. The maximum absolute atomic E-state index is 13.3. The van der Waals surface area contributed by atoms with Crippen molar-refractivity contribution in [1.29, 1.82) is 0 Å². The first-order chi connectivity index (χ1) is 12.7. The highest BCUT2D eigenvalue weighted by atomic mass is 16.7. The molecule has 0 amide bonds. The Balaban J connectivity index is 1.56. The molecular formula is C23H39NO3. The zero-order valence-corrected chi connectivity index (χ0v) is 17.9. The van der Waals surface area contributed by atoms with Gasteiger partial charge in [0.25, 0.3) is 0 Å². The van der Waals surface area contributed by atoms with E-state index in [1.165, 1.54) is 38.5 Å². The third kappa shape index (κ3) is 3.62. The number of hydroxylamine groups is 2. The van der Waals surface area contributed by atoms with Gasteiger partial charge < -0.3 is 4.74 Å². The van der Waals surface area contributed by atoms with Crippen LogP contribution in [0.5, 0.6) is 0 Å². The minimum Gasteiger partial charge on any atom is -0.360 e. The summed E-state index contributed by atoms with van der Waals surface area (Å²) in [5.41, 5.74) is -1.21. The number of ketones is 1. The monoisotopic (exact) mass is 377 g/mol. The van der Waals surface area contributed by atoms with Crippen molar-refractivity contribution in [3.63, 3.8) is 0 Å². The highest BCUT2D eigenvalue weighted by molar-refractivity contribution is 5.90. The number of hydrogen-bond donors (Lipinski definition) is 0. The Morgan fingerprint density at radius 2 is 1.44 bits per heavy atom. The second-order valence-corrected chi connectivity index (χ2v) is 11.1. The summed E-state index contributed by atoms with van der Waals surface area (Å²) in [7, 11) is 0. The molecule has 0 unspecified atom stereocenters. The molecule has 0 bridgehead atoms. The van der Waals surface area contributed by atoms with Crippen LogP contribution in [0.15, 0.2) is 0 Å². The molecule has 0 radical (unpaired) electrons. The number of nitrogens with zero attached hydrogens (tertiary/aromatic N) is 1. The van der Waals surface area contributed by atoms with E-state index in [0.29, 0.717) is 18.3 Å². The van der Waals surface area contributed by atoms with Crippen LogP contribution in [0.1, 0.15) is 111 Å². The topological polar surface area (TPSA) is 38.8 Å². The van der Waals surface area contributed by atoms with Crippen LogP contribution in [-0.2, 0) is 14.4 Å². The van der Waals surface area contributed by atoms with E-state index in [0.717, 1.165) is 38.5 Å². The number of carbonyl (C=O) groups is 1. The van der Waals surface area contributed by atoms with Crippen LogP contribution in [0, 0.1) is 0 Å². The van der Waals surface area contributed by atoms with E-state index in [9.17, 15) is 4.79 Å². The lowest BCUT2D eigenvalue weighted by Crippen LogP contribution is -2.67. The number of carbonyl (C=O) groups excluding carboxylic acids is 1. The van der Waals surface area contributed by atoms with Crippen molar-refractivity contribution < 1.29 is 14.4 Å². The molecule has 2 aliphatic heterocycles. The molecule has 0 aromatic rings. The summed E-state index contributed by atoms with van der Waals surface area (Å²) in [6, 6.07) is 0. The van der Waals surface area contributed by atoms with Crippen molar-refractivity contribution in [2.45, 2.75) is 140 Å². The second-order valence-electron chi connectivity index (χ2n) is 11.1. The minimum atomic E-state index is -0.614. The molecule has 4 rings (SSSR count). The highest BCUT2D eigenvalue weighted by Crippen LogP contribution is 2.54. The summed E-state index contributed by atoms with van der Waals surface area (Å²) < 4.78 is 6.81. The van der Waals surface area contributed by atoms with Crippen LogP contribution in [0.4, 0.5) is 0 Å². The Morgan fingerprint density at radius 3 is 2.04 bits per heavy atom. The molecule has 27 heavy (non-hydrogen) atoms. The Kier molecular flexibility index (Phi) is 5.01. The van der Waals surface area contributed by atoms with Crippen LogP contribution >= 0.6 is 0 Å². The van der Waals surface area contributed by atoms with E-state index in [2.05, 4.69) is 32.8 Å². The summed E-state index contributed by atoms with van der Waals surface area (Å²) in [4.78, 5) is 19.9. The summed E-state index contributed by atoms with van der Waals surface area (Å²) in [6.07, 6.45) is 14.5. The van der Waals surface area contributed by atoms with Gasteiger partial charge in [-0.15, -0.1) is 0 Å². The first kappa shape index (κ1) is 19.8. The van der Waals surface area contributed by atoms with E-state index in [1.54, 1.807) is 0 Å². The summed E-state index contributed by atoms with van der Waals surface area (Å²) in [5, 5.41) is 2.24. The van der Waals surface area contributed by atoms with Crippen molar-refractivity contribution in [2.24, 2.45) is 0 Å². The molecule has 2 saturated carbocycles. The van der Waals surface area contributed by atoms with Crippen LogP contribution in [0.25, 0.3) is 0 Å². The Hall–Kier alpha value is -0.450. The van der Waals surface area contributed by atoms with Crippen LogP contribution in [0.3, 0.4) is 0 Å². The molecule has 0 aromatic heterocycles. The second kappa shape index (κ2) is 6.81. The first-order valence-electron chi connectivity index (χ1n) is 11.4. The van der Waals surface area contributed by atoms with Gasteiger partial charge in [-0.25, -0.2) is 0 Å². The summed E-state index contributed by atoms with van der Waals surface area (Å²) in [5.74, 6) is 0.350. The maximum atomic E-state index is 13.3. The van der Waals surface area contributed by atoms with Crippen molar-refractivity contribution in [1.82, 2.24) is 5.06 Å². The molecule has 4 fully saturated rings. The van der Waals surface area contributed by atoms with Gasteiger partial charge >= 0.3 is 0 Å². The molecule has 2 aliphatic carbocycles. The fourth-order valence-electron chi connectivity index (χ4n) is 6.73. The summed E-state index contributed by atoms with van der Waals surface area (Å²) >= 11 is 0. The molecule has 0 N–H and O–H groups in total. The fraction of sp³-hybridized carbons (Fsp3) is 0.957. The van der Waals surface area contributed by atoms with E-state index in [1.807, 2.05) is 0 Å². The summed E-state index contributed by atoms with van der Waals surface area (Å²) in [6.45, 7) is 8.95. The number of rotatable bonds is 2. The van der Waals surface area contributed by atoms with Crippen molar-refractivity contribution in [3.05, 3.63) is 0 Å². The Bertz CT molecular complexity index is 552. The van der Waals surface area contributed by atoms with Crippen LogP contribution < -0.4 is 0 Å². The van der Waals surface area contributed by atoms with E-state index >= 15 is 0 Å². The highest BCUT2D eigenvalue weighted by Gasteiger charge is 2.63. The van der Waals surface area contributed by atoms with Gasteiger partial charge in [-0.3, -0.25) is 9.63 Å². The van der Waals surface area contributed by atoms with Crippen LogP contribution in [0.2, 0.25) is 0 Å². The number of hydrogen-bond acceptors (Lipinski definition) is 4. The molecule has 4 heteroatoms. The molecule has 2 saturated heterocycles. The van der Waals surface area contributed by atoms with Gasteiger partial charge in [-0.2, -0.15) is 5.06 Å². The quantitative estimate of drug-likeness (QED) is 0.651. The molecule has 4 aliphatic rings. The predicted molar refractivity (Wildman–Crippen MR) is 106 cm³/mol. The SMILES string of the molecule is CC1(C)CC2(CC(C)(C)N1OC1CCCCC1)OC1(CCCCC1)CC2=O. The van der Waals surface area contributed by atoms with Gasteiger partial charge in [-0.05, 0) is 53.4 Å². The molecule has 154 valence electrons. The number of Topliss-reactive ketones (excluding diaryl/α,β-unsaturated/α-hetero) is 1. The van der Waals surface area contributed by atoms with Gasteiger partial charge in [0.1, 0.15) is 5.60 Å². The molecule has 2 spiro atoms.